The monoisotopic (exact) mass is 285 g/mol. The number of rotatable bonds is 15. The molecule has 0 aliphatic carbocycles. The topological polar surface area (TPSA) is 46.2 Å². The van der Waals surface area contributed by atoms with E-state index < -0.39 is 6.16 Å². The Bertz CT molecular complexity index is 204. The van der Waals surface area contributed by atoms with Crippen molar-refractivity contribution >= 4 is 6.16 Å². The second kappa shape index (κ2) is 16.3. The van der Waals surface area contributed by atoms with Crippen LogP contribution in [-0.4, -0.2) is 12.8 Å². The maximum absolute atomic E-state index is 10.00. The summed E-state index contributed by atoms with van der Waals surface area (Å²) in [5.41, 5.74) is 0. The highest BCUT2D eigenvalue weighted by Crippen LogP contribution is 2.12. The zero-order chi connectivity index (χ0) is 14.9. The Labute approximate surface area is 125 Å². The summed E-state index contributed by atoms with van der Waals surface area (Å²) in [5.74, 6) is 0. The van der Waals surface area contributed by atoms with E-state index in [2.05, 4.69) is 11.7 Å². The lowest BCUT2D eigenvalue weighted by Gasteiger charge is -2.03. The average Bonchev–Trinajstić information content (AvgIpc) is 2.43. The molecule has 1 radical (unpaired) electrons. The first-order valence-electron chi connectivity index (χ1n) is 8.61. The third kappa shape index (κ3) is 17.3. The summed E-state index contributed by atoms with van der Waals surface area (Å²) in [7, 11) is 0. The van der Waals surface area contributed by atoms with Crippen LogP contribution in [0.15, 0.2) is 0 Å². The maximum atomic E-state index is 10.00. The van der Waals surface area contributed by atoms with Crippen LogP contribution in [0, 0.1) is 0 Å². The van der Waals surface area contributed by atoms with Gasteiger partial charge in [-0.25, -0.2) is 0 Å². The molecule has 0 atom stereocenters. The summed E-state index contributed by atoms with van der Waals surface area (Å²) in [6, 6.07) is 0. The molecular weight excluding hydrogens is 252 g/mol. The quantitative estimate of drug-likeness (QED) is 0.272. The molecule has 3 nitrogen and oxygen atoms in total. The summed E-state index contributed by atoms with van der Waals surface area (Å²) in [6.07, 6.45) is 16.8. The predicted octanol–water partition coefficient (Wildman–Crippen LogP) is 6.03. The molecular formula is C17H33O3. The molecule has 0 unspecified atom stereocenters. The highest BCUT2D eigenvalue weighted by molar-refractivity contribution is 5.56. The van der Waals surface area contributed by atoms with E-state index in [1.807, 2.05) is 0 Å². The van der Waals surface area contributed by atoms with Gasteiger partial charge >= 0.3 is 6.16 Å². The van der Waals surface area contributed by atoms with E-state index in [0.29, 0.717) is 6.61 Å². The Morgan fingerprint density at radius 1 is 0.650 bits per heavy atom. The molecule has 0 saturated heterocycles. The van der Waals surface area contributed by atoms with Crippen molar-refractivity contribution in [2.24, 2.45) is 0 Å². The van der Waals surface area contributed by atoms with Gasteiger partial charge in [0.25, 0.3) is 0 Å². The lowest BCUT2D eigenvalue weighted by atomic mass is 10.0. The van der Waals surface area contributed by atoms with Gasteiger partial charge < -0.3 is 4.74 Å². The molecule has 119 valence electrons. The van der Waals surface area contributed by atoms with Gasteiger partial charge in [0.1, 0.15) is 0 Å². The number of unbranched alkanes of at least 4 members (excludes halogenated alkanes) is 13. The van der Waals surface area contributed by atoms with Crippen LogP contribution in [-0.2, 0) is 9.84 Å². The molecule has 0 rings (SSSR count). The zero-order valence-electron chi connectivity index (χ0n) is 13.3. The number of carbonyl (C=O) groups is 1. The van der Waals surface area contributed by atoms with Crippen molar-refractivity contribution in [1.29, 1.82) is 0 Å². The lowest BCUT2D eigenvalue weighted by molar-refractivity contribution is 0.0664. The van der Waals surface area contributed by atoms with E-state index in [9.17, 15) is 9.90 Å². The first-order valence-corrected chi connectivity index (χ1v) is 8.61. The van der Waals surface area contributed by atoms with Gasteiger partial charge in [-0.05, 0) is 6.42 Å². The molecule has 0 aromatic carbocycles. The molecule has 20 heavy (non-hydrogen) atoms. The second-order valence-corrected chi connectivity index (χ2v) is 5.69. The fourth-order valence-corrected chi connectivity index (χ4v) is 2.45. The van der Waals surface area contributed by atoms with Gasteiger partial charge in [0.05, 0.1) is 6.61 Å². The van der Waals surface area contributed by atoms with Crippen LogP contribution in [0.2, 0.25) is 0 Å². The van der Waals surface area contributed by atoms with Crippen molar-refractivity contribution < 1.29 is 14.6 Å². The average molecular weight is 285 g/mol. The van der Waals surface area contributed by atoms with E-state index in [-0.39, 0.29) is 0 Å². The zero-order valence-corrected chi connectivity index (χ0v) is 13.3. The fourth-order valence-electron chi connectivity index (χ4n) is 2.45. The molecule has 0 aliphatic rings. The number of hydrogen-bond acceptors (Lipinski definition) is 2. The Kier molecular flexibility index (Phi) is 15.7. The molecule has 0 aliphatic heterocycles. The first kappa shape index (κ1) is 19.3. The van der Waals surface area contributed by atoms with Gasteiger partial charge in [0.15, 0.2) is 0 Å². The minimum atomic E-state index is -1.40. The second-order valence-electron chi connectivity index (χ2n) is 5.69. The van der Waals surface area contributed by atoms with Crippen LogP contribution in [0.1, 0.15) is 96.8 Å². The van der Waals surface area contributed by atoms with Crippen molar-refractivity contribution in [1.82, 2.24) is 0 Å². The van der Waals surface area contributed by atoms with Crippen LogP contribution in [0.4, 0.5) is 4.79 Å². The van der Waals surface area contributed by atoms with Gasteiger partial charge in [-0.2, -0.15) is 9.90 Å². The molecule has 0 fully saturated rings. The normalized spacial score (nSPS) is 10.7. The van der Waals surface area contributed by atoms with Crippen molar-refractivity contribution in [2.75, 3.05) is 6.61 Å². The maximum Gasteiger partial charge on any atom is 0.549 e. The summed E-state index contributed by atoms with van der Waals surface area (Å²) < 4.78 is 4.35. The smallest absolute Gasteiger partial charge is 0.432 e. The molecule has 3 heteroatoms. The Balaban J connectivity index is 2.94. The summed E-state index contributed by atoms with van der Waals surface area (Å²) in [4.78, 5) is 10.00. The van der Waals surface area contributed by atoms with Crippen molar-refractivity contribution in [2.45, 2.75) is 96.8 Å². The van der Waals surface area contributed by atoms with E-state index >= 15 is 0 Å². The third-order valence-corrected chi connectivity index (χ3v) is 3.72. The van der Waals surface area contributed by atoms with E-state index in [4.69, 9.17) is 0 Å². The lowest BCUT2D eigenvalue weighted by Crippen LogP contribution is -1.99. The van der Waals surface area contributed by atoms with Crippen molar-refractivity contribution in [3.05, 3.63) is 0 Å². The predicted molar refractivity (Wildman–Crippen MR) is 82.3 cm³/mol. The van der Waals surface area contributed by atoms with Crippen LogP contribution < -0.4 is 0 Å². The standard InChI is InChI=1S/C17H33O3/c1-2-3-4-5-6-7-8-9-10-11-12-13-14-15-16-20-17(18)19/h2-16H2,1H3. The minimum absolute atomic E-state index is 0.292. The van der Waals surface area contributed by atoms with Crippen LogP contribution >= 0.6 is 0 Å². The van der Waals surface area contributed by atoms with Gasteiger partial charge in [-0.15, -0.1) is 0 Å². The molecule has 0 amide bonds. The number of hydrogen-bond donors (Lipinski definition) is 0. The van der Waals surface area contributed by atoms with Gasteiger partial charge in [-0.1, -0.05) is 90.4 Å². The van der Waals surface area contributed by atoms with Crippen molar-refractivity contribution in [3.8, 4) is 0 Å². The summed E-state index contributed by atoms with van der Waals surface area (Å²) in [5, 5.41) is 10.00. The summed E-state index contributed by atoms with van der Waals surface area (Å²) >= 11 is 0. The van der Waals surface area contributed by atoms with Crippen LogP contribution in [0.25, 0.3) is 0 Å². The molecule has 0 aromatic rings. The van der Waals surface area contributed by atoms with E-state index in [1.54, 1.807) is 0 Å². The Hall–Kier alpha value is -0.730. The Morgan fingerprint density at radius 3 is 1.35 bits per heavy atom. The Morgan fingerprint density at radius 2 is 1.00 bits per heavy atom. The highest BCUT2D eigenvalue weighted by Gasteiger charge is 1.98. The van der Waals surface area contributed by atoms with E-state index in [1.165, 1.54) is 77.0 Å². The molecule has 0 bridgehead atoms. The number of carbonyl (C=O) groups excluding carboxylic acids is 1. The van der Waals surface area contributed by atoms with Crippen LogP contribution in [0.5, 0.6) is 0 Å². The molecule has 0 aromatic heterocycles. The number of ether oxygens (including phenoxy) is 1. The molecule has 0 saturated carbocycles. The van der Waals surface area contributed by atoms with E-state index in [0.717, 1.165) is 12.8 Å². The minimum Gasteiger partial charge on any atom is -0.432 e. The van der Waals surface area contributed by atoms with Crippen molar-refractivity contribution in [3.63, 3.8) is 0 Å². The highest BCUT2D eigenvalue weighted by atomic mass is 16.7. The molecule has 0 spiro atoms. The molecule has 0 heterocycles. The van der Waals surface area contributed by atoms with Crippen LogP contribution in [0.3, 0.4) is 0 Å². The summed E-state index contributed by atoms with van der Waals surface area (Å²) in [6.45, 7) is 2.55. The van der Waals surface area contributed by atoms with Gasteiger partial charge in [0, 0.05) is 0 Å². The van der Waals surface area contributed by atoms with Gasteiger partial charge in [-0.3, -0.25) is 0 Å². The SMILES string of the molecule is CCCCCCCCCCCCCCCCOC([O])=O. The first-order chi connectivity index (χ1) is 9.77. The van der Waals surface area contributed by atoms with Gasteiger partial charge in [0.2, 0.25) is 0 Å². The largest absolute Gasteiger partial charge is 0.549 e. The third-order valence-electron chi connectivity index (χ3n) is 3.72. The fraction of sp³-hybridized carbons (Fsp3) is 0.941. The molecule has 0 N–H and O–H groups in total.